The van der Waals surface area contributed by atoms with Gasteiger partial charge in [-0.15, -0.1) is 0 Å². The van der Waals surface area contributed by atoms with Gasteiger partial charge in [-0.25, -0.2) is 0 Å². The summed E-state index contributed by atoms with van der Waals surface area (Å²) in [6, 6.07) is 9.91. The van der Waals surface area contributed by atoms with E-state index in [1.165, 1.54) is 38.5 Å². The Bertz CT molecular complexity index is 399. The Labute approximate surface area is 114 Å². The van der Waals surface area contributed by atoms with E-state index in [1.807, 2.05) is 24.3 Å². The van der Waals surface area contributed by atoms with Crippen molar-refractivity contribution in [2.45, 2.75) is 44.6 Å². The van der Waals surface area contributed by atoms with Gasteiger partial charge in [-0.1, -0.05) is 37.3 Å². The molecule has 0 amide bonds. The van der Waals surface area contributed by atoms with Crippen molar-refractivity contribution in [3.63, 3.8) is 0 Å². The molecule has 1 aliphatic carbocycles. The van der Waals surface area contributed by atoms with Crippen molar-refractivity contribution in [1.82, 2.24) is 0 Å². The molecule has 1 N–H and O–H groups in total. The number of rotatable bonds is 3. The highest BCUT2D eigenvalue weighted by Gasteiger charge is 2.22. The van der Waals surface area contributed by atoms with E-state index in [0.29, 0.717) is 5.92 Å². The fraction of sp³-hybridized carbons (Fsp3) is 0.533. The minimum Gasteiger partial charge on any atom is -0.370 e. The number of halogens is 1. The minimum absolute atomic E-state index is 0.0794. The average molecular weight is 263 g/mol. The molecule has 1 unspecified atom stereocenters. The Hall–Kier alpha value is -1.20. The zero-order chi connectivity index (χ0) is 12.8. The maximum Gasteiger partial charge on any atom is 0.117 e. The molecule has 1 fully saturated rings. The number of nitriles is 1. The van der Waals surface area contributed by atoms with Crippen molar-refractivity contribution in [2.24, 2.45) is 5.92 Å². The number of benzene rings is 1. The third-order valence-electron chi connectivity index (χ3n) is 3.68. The van der Waals surface area contributed by atoms with E-state index in [-0.39, 0.29) is 6.04 Å². The second-order valence-corrected chi connectivity index (χ2v) is 5.45. The summed E-state index contributed by atoms with van der Waals surface area (Å²) in [5.41, 5.74) is 0.982. The maximum atomic E-state index is 9.35. The lowest BCUT2D eigenvalue weighted by Gasteiger charge is -2.22. The van der Waals surface area contributed by atoms with Gasteiger partial charge < -0.3 is 5.32 Å². The van der Waals surface area contributed by atoms with Crippen LogP contribution < -0.4 is 5.32 Å². The molecule has 0 aliphatic heterocycles. The molecule has 1 aliphatic rings. The zero-order valence-electron chi connectivity index (χ0n) is 10.5. The molecule has 0 aromatic heterocycles. The standard InChI is InChI=1S/C15H19ClN2/c16-13-7-9-14(10-8-13)18-15(11-17)12-5-3-1-2-4-6-12/h7-10,12,15,18H,1-6H2. The van der Waals surface area contributed by atoms with Crippen LogP contribution in [0.15, 0.2) is 24.3 Å². The molecule has 0 spiro atoms. The third-order valence-corrected chi connectivity index (χ3v) is 3.93. The predicted octanol–water partition coefficient (Wildman–Crippen LogP) is 4.61. The molecule has 0 heterocycles. The van der Waals surface area contributed by atoms with E-state index >= 15 is 0 Å². The number of anilines is 1. The van der Waals surface area contributed by atoms with Crippen LogP contribution in [0.4, 0.5) is 5.69 Å². The van der Waals surface area contributed by atoms with Crippen LogP contribution in [-0.2, 0) is 0 Å². The zero-order valence-corrected chi connectivity index (χ0v) is 11.3. The van der Waals surface area contributed by atoms with Gasteiger partial charge in [-0.05, 0) is 43.0 Å². The van der Waals surface area contributed by atoms with E-state index in [1.54, 1.807) is 0 Å². The van der Waals surface area contributed by atoms with Gasteiger partial charge in [0.25, 0.3) is 0 Å². The van der Waals surface area contributed by atoms with E-state index in [0.717, 1.165) is 10.7 Å². The molecule has 2 nitrogen and oxygen atoms in total. The molecule has 3 heteroatoms. The summed E-state index contributed by atoms with van der Waals surface area (Å²) in [6.45, 7) is 0. The number of hydrogen-bond acceptors (Lipinski definition) is 2. The van der Waals surface area contributed by atoms with Crippen LogP contribution in [0.1, 0.15) is 38.5 Å². The van der Waals surface area contributed by atoms with E-state index < -0.39 is 0 Å². The predicted molar refractivity (Wildman–Crippen MR) is 75.7 cm³/mol. The Morgan fingerprint density at radius 3 is 2.28 bits per heavy atom. The van der Waals surface area contributed by atoms with E-state index in [2.05, 4.69) is 11.4 Å². The normalized spacial score (nSPS) is 18.7. The van der Waals surface area contributed by atoms with Gasteiger partial charge in [0.15, 0.2) is 0 Å². The fourth-order valence-electron chi connectivity index (χ4n) is 2.63. The van der Waals surface area contributed by atoms with Crippen LogP contribution in [0.3, 0.4) is 0 Å². The minimum atomic E-state index is -0.0794. The summed E-state index contributed by atoms with van der Waals surface area (Å²) in [6.07, 6.45) is 7.47. The van der Waals surface area contributed by atoms with E-state index in [9.17, 15) is 5.26 Å². The average Bonchev–Trinajstić information content (AvgIpc) is 2.67. The van der Waals surface area contributed by atoms with Gasteiger partial charge in [0.2, 0.25) is 0 Å². The Morgan fingerprint density at radius 1 is 1.11 bits per heavy atom. The van der Waals surface area contributed by atoms with Gasteiger partial charge in [0.1, 0.15) is 6.04 Å². The van der Waals surface area contributed by atoms with Crippen molar-refractivity contribution >= 4 is 17.3 Å². The highest BCUT2D eigenvalue weighted by atomic mass is 35.5. The lowest BCUT2D eigenvalue weighted by atomic mass is 9.92. The highest BCUT2D eigenvalue weighted by molar-refractivity contribution is 6.30. The topological polar surface area (TPSA) is 35.8 Å². The monoisotopic (exact) mass is 262 g/mol. The molecule has 1 aromatic rings. The summed E-state index contributed by atoms with van der Waals surface area (Å²) in [5.74, 6) is 0.480. The quantitative estimate of drug-likeness (QED) is 0.807. The van der Waals surface area contributed by atoms with Gasteiger partial charge >= 0.3 is 0 Å². The van der Waals surface area contributed by atoms with Gasteiger partial charge in [0, 0.05) is 10.7 Å². The second-order valence-electron chi connectivity index (χ2n) is 5.01. The first kappa shape index (κ1) is 13.2. The van der Waals surface area contributed by atoms with Gasteiger partial charge in [-0.2, -0.15) is 5.26 Å². The summed E-state index contributed by atoms with van der Waals surface area (Å²) in [7, 11) is 0. The molecule has 2 rings (SSSR count). The number of nitrogens with one attached hydrogen (secondary N) is 1. The summed E-state index contributed by atoms with van der Waals surface area (Å²) in [4.78, 5) is 0. The molecule has 0 bridgehead atoms. The first-order valence-corrected chi connectivity index (χ1v) is 7.09. The Morgan fingerprint density at radius 2 is 1.72 bits per heavy atom. The van der Waals surface area contributed by atoms with Crippen LogP contribution in [0.5, 0.6) is 0 Å². The Balaban J connectivity index is 2.00. The molecule has 96 valence electrons. The van der Waals surface area contributed by atoms with Crippen molar-refractivity contribution in [3.8, 4) is 6.07 Å². The van der Waals surface area contributed by atoms with Crippen molar-refractivity contribution in [3.05, 3.63) is 29.3 Å². The van der Waals surface area contributed by atoms with Crippen LogP contribution in [0.2, 0.25) is 5.02 Å². The number of hydrogen-bond donors (Lipinski definition) is 1. The maximum absolute atomic E-state index is 9.35. The van der Waals surface area contributed by atoms with Crippen LogP contribution in [0.25, 0.3) is 0 Å². The molecule has 1 aromatic carbocycles. The van der Waals surface area contributed by atoms with Crippen molar-refractivity contribution in [2.75, 3.05) is 5.32 Å². The lowest BCUT2D eigenvalue weighted by molar-refractivity contribution is 0.439. The fourth-order valence-corrected chi connectivity index (χ4v) is 2.75. The largest absolute Gasteiger partial charge is 0.370 e. The molecule has 0 saturated heterocycles. The Kier molecular flexibility index (Phi) is 4.90. The molecule has 0 radical (unpaired) electrons. The highest BCUT2D eigenvalue weighted by Crippen LogP contribution is 2.27. The summed E-state index contributed by atoms with van der Waals surface area (Å²) in [5, 5.41) is 13.4. The van der Waals surface area contributed by atoms with Crippen molar-refractivity contribution < 1.29 is 0 Å². The first-order valence-electron chi connectivity index (χ1n) is 6.71. The van der Waals surface area contributed by atoms with Crippen LogP contribution in [-0.4, -0.2) is 6.04 Å². The van der Waals surface area contributed by atoms with Gasteiger partial charge in [0.05, 0.1) is 6.07 Å². The molecular formula is C15H19ClN2. The van der Waals surface area contributed by atoms with Gasteiger partial charge in [-0.3, -0.25) is 0 Å². The van der Waals surface area contributed by atoms with Crippen LogP contribution in [0, 0.1) is 17.2 Å². The smallest absolute Gasteiger partial charge is 0.117 e. The van der Waals surface area contributed by atoms with Crippen molar-refractivity contribution in [1.29, 1.82) is 5.26 Å². The second kappa shape index (κ2) is 6.66. The molecular weight excluding hydrogens is 244 g/mol. The molecule has 1 saturated carbocycles. The summed E-state index contributed by atoms with van der Waals surface area (Å²) < 4.78 is 0. The first-order chi connectivity index (χ1) is 8.79. The van der Waals surface area contributed by atoms with Crippen LogP contribution >= 0.6 is 11.6 Å². The third kappa shape index (κ3) is 3.65. The molecule has 1 atom stereocenters. The summed E-state index contributed by atoms with van der Waals surface area (Å²) >= 11 is 5.86. The SMILES string of the molecule is N#CC(Nc1ccc(Cl)cc1)C1CCCCCC1. The lowest BCUT2D eigenvalue weighted by Crippen LogP contribution is -2.27. The molecule has 18 heavy (non-hydrogen) atoms. The van der Waals surface area contributed by atoms with E-state index in [4.69, 9.17) is 11.6 Å². The number of nitrogens with zero attached hydrogens (tertiary/aromatic N) is 1.